The molecule has 160 valence electrons. The van der Waals surface area contributed by atoms with Crippen LogP contribution in [0.2, 0.25) is 0 Å². The fraction of sp³-hybridized carbons (Fsp3) is 0.500. The van der Waals surface area contributed by atoms with Crippen LogP contribution in [0.3, 0.4) is 0 Å². The highest BCUT2D eigenvalue weighted by molar-refractivity contribution is 6.03. The number of hydrogen-bond acceptors (Lipinski definition) is 7. The minimum absolute atomic E-state index is 0.0521. The highest BCUT2D eigenvalue weighted by Crippen LogP contribution is 2.34. The molecule has 0 bridgehead atoms. The first-order valence-corrected chi connectivity index (χ1v) is 10.6. The van der Waals surface area contributed by atoms with E-state index in [4.69, 9.17) is 13.2 Å². The van der Waals surface area contributed by atoms with Gasteiger partial charge in [-0.2, -0.15) is 9.97 Å². The van der Waals surface area contributed by atoms with E-state index in [1.807, 2.05) is 19.1 Å². The lowest BCUT2D eigenvalue weighted by molar-refractivity contribution is -0.115. The molecule has 0 spiro atoms. The number of rotatable bonds is 8. The van der Waals surface area contributed by atoms with E-state index in [1.165, 1.54) is 17.7 Å². The number of unbranched alkanes of at least 4 members (excludes halogenated alkanes) is 1. The molecule has 8 nitrogen and oxygen atoms in total. The number of carbonyl (C=O) groups excluding carboxylic acids is 1. The van der Waals surface area contributed by atoms with Crippen LogP contribution in [0.15, 0.2) is 24.3 Å². The van der Waals surface area contributed by atoms with Gasteiger partial charge >= 0.3 is 6.01 Å². The molecule has 4 rings (SSSR count). The van der Waals surface area contributed by atoms with E-state index in [1.54, 1.807) is 12.1 Å². The van der Waals surface area contributed by atoms with Gasteiger partial charge in [0.2, 0.25) is 5.91 Å². The molecule has 0 saturated carbocycles. The lowest BCUT2D eigenvalue weighted by Crippen LogP contribution is -2.39. The van der Waals surface area contributed by atoms with Gasteiger partial charge < -0.3 is 20.7 Å². The Balaban J connectivity index is 1.61. The first-order chi connectivity index (χ1) is 15.4. The molecule has 3 N–H and O–H groups in total. The van der Waals surface area contributed by atoms with Crippen molar-refractivity contribution in [3.8, 4) is 6.01 Å². The van der Waals surface area contributed by atoms with Crippen molar-refractivity contribution in [3.63, 3.8) is 0 Å². The Morgan fingerprint density at radius 2 is 1.93 bits per heavy atom. The maximum absolute atomic E-state index is 12.3. The second kappa shape index (κ2) is 9.30. The van der Waals surface area contributed by atoms with Gasteiger partial charge in [0.25, 0.3) is 0 Å². The summed E-state index contributed by atoms with van der Waals surface area (Å²) < 4.78 is 23.3. The predicted molar refractivity (Wildman–Crippen MR) is 117 cm³/mol. The summed E-state index contributed by atoms with van der Waals surface area (Å²) in [7, 11) is 0. The summed E-state index contributed by atoms with van der Waals surface area (Å²) in [5.41, 5.74) is 7.84. The standard InChI is InChI=1S/C22H30N6O2/c1-2-3-12-30-22-25-20(23)19-21(26-22)28(15-18(29)24-19)14-17-8-6-16(7-9-17)13-27-10-4-5-11-27/h6-9H,2-5,10-15H2,1H3,(H,24,29)(H2,23,25,26)/i14D2. The van der Waals surface area contributed by atoms with Crippen LogP contribution < -0.4 is 20.7 Å². The first-order valence-electron chi connectivity index (χ1n) is 11.6. The third-order valence-corrected chi connectivity index (χ3v) is 5.27. The number of amides is 1. The number of anilines is 3. The van der Waals surface area contributed by atoms with E-state index in [0.717, 1.165) is 38.0 Å². The van der Waals surface area contributed by atoms with Gasteiger partial charge in [-0.1, -0.05) is 37.6 Å². The van der Waals surface area contributed by atoms with Crippen molar-refractivity contribution in [3.05, 3.63) is 35.4 Å². The third-order valence-electron chi connectivity index (χ3n) is 5.27. The molecule has 2 aliphatic rings. The van der Waals surface area contributed by atoms with E-state index >= 15 is 0 Å². The Morgan fingerprint density at radius 3 is 2.67 bits per heavy atom. The van der Waals surface area contributed by atoms with Crippen molar-refractivity contribution in [2.45, 2.75) is 45.6 Å². The maximum Gasteiger partial charge on any atom is 0.320 e. The Morgan fingerprint density at radius 1 is 1.20 bits per heavy atom. The zero-order valence-electron chi connectivity index (χ0n) is 19.4. The lowest BCUT2D eigenvalue weighted by atomic mass is 10.1. The monoisotopic (exact) mass is 412 g/mol. The summed E-state index contributed by atoms with van der Waals surface area (Å²) in [5.74, 6) is -0.104. The molecular weight excluding hydrogens is 380 g/mol. The van der Waals surface area contributed by atoms with E-state index in [-0.39, 0.29) is 35.8 Å². The smallest absolute Gasteiger partial charge is 0.320 e. The molecular formula is C22H30N6O2. The van der Waals surface area contributed by atoms with Crippen LogP contribution in [0.1, 0.15) is 46.5 Å². The molecule has 0 atom stereocenters. The molecule has 2 aromatic rings. The topological polar surface area (TPSA) is 96.6 Å². The Kier molecular flexibility index (Phi) is 5.56. The van der Waals surface area contributed by atoms with Gasteiger partial charge in [-0.25, -0.2) is 0 Å². The number of nitrogens with one attached hydrogen (secondary N) is 1. The van der Waals surface area contributed by atoms with Gasteiger partial charge in [0, 0.05) is 13.0 Å². The molecule has 0 radical (unpaired) electrons. The van der Waals surface area contributed by atoms with Crippen LogP contribution in [0.25, 0.3) is 0 Å². The Labute approximate surface area is 180 Å². The molecule has 3 heterocycles. The highest BCUT2D eigenvalue weighted by Gasteiger charge is 2.27. The number of nitrogens with zero attached hydrogens (tertiary/aromatic N) is 4. The van der Waals surface area contributed by atoms with Crippen molar-refractivity contribution >= 4 is 23.2 Å². The SMILES string of the molecule is [2H]C([2H])(c1ccc(CN2CCCC2)cc1)N1CC(=O)Nc2c(N)nc(OCCCC)nc21. The van der Waals surface area contributed by atoms with Crippen LogP contribution in [0.4, 0.5) is 17.3 Å². The average molecular weight is 413 g/mol. The summed E-state index contributed by atoms with van der Waals surface area (Å²) in [6.07, 6.45) is 4.25. The van der Waals surface area contributed by atoms with Crippen LogP contribution >= 0.6 is 0 Å². The quantitative estimate of drug-likeness (QED) is 0.644. The van der Waals surface area contributed by atoms with Crippen LogP contribution in [-0.4, -0.2) is 47.0 Å². The van der Waals surface area contributed by atoms with E-state index in [2.05, 4.69) is 20.2 Å². The minimum atomic E-state index is -1.99. The number of nitrogens with two attached hydrogens (primary N) is 1. The van der Waals surface area contributed by atoms with Crippen LogP contribution in [0, 0.1) is 0 Å². The normalized spacial score (nSPS) is 17.9. The number of aromatic nitrogens is 2. The number of ether oxygens (including phenoxy) is 1. The number of carbonyl (C=O) groups is 1. The van der Waals surface area contributed by atoms with Gasteiger partial charge in [0.05, 0.1) is 15.9 Å². The second-order valence-corrected chi connectivity index (χ2v) is 7.72. The maximum atomic E-state index is 12.3. The molecule has 8 heteroatoms. The number of likely N-dealkylation sites (tertiary alicyclic amines) is 1. The van der Waals surface area contributed by atoms with E-state index in [0.29, 0.717) is 12.2 Å². The van der Waals surface area contributed by atoms with Crippen LogP contribution in [-0.2, 0) is 17.8 Å². The number of benzene rings is 1. The minimum Gasteiger partial charge on any atom is -0.463 e. The van der Waals surface area contributed by atoms with Crippen LogP contribution in [0.5, 0.6) is 6.01 Å². The summed E-state index contributed by atoms with van der Waals surface area (Å²) in [5, 5.41) is 2.67. The van der Waals surface area contributed by atoms with E-state index in [9.17, 15) is 4.79 Å². The second-order valence-electron chi connectivity index (χ2n) is 7.72. The average Bonchev–Trinajstić information content (AvgIpc) is 3.27. The molecule has 1 fully saturated rings. The van der Waals surface area contributed by atoms with Crippen molar-refractivity contribution in [1.82, 2.24) is 14.9 Å². The fourth-order valence-corrected chi connectivity index (χ4v) is 3.66. The zero-order valence-corrected chi connectivity index (χ0v) is 17.4. The third kappa shape index (κ3) is 4.81. The van der Waals surface area contributed by atoms with Gasteiger partial charge in [-0.3, -0.25) is 9.69 Å². The summed E-state index contributed by atoms with van der Waals surface area (Å²) >= 11 is 0. The lowest BCUT2D eigenvalue weighted by Gasteiger charge is -2.30. The van der Waals surface area contributed by atoms with Gasteiger partial charge in [0.1, 0.15) is 5.69 Å². The molecule has 0 aliphatic carbocycles. The molecule has 0 unspecified atom stereocenters. The van der Waals surface area contributed by atoms with Gasteiger partial charge in [0.15, 0.2) is 11.6 Å². The largest absolute Gasteiger partial charge is 0.463 e. The number of hydrogen-bond donors (Lipinski definition) is 2. The predicted octanol–water partition coefficient (Wildman–Crippen LogP) is 2.79. The Bertz CT molecular complexity index is 964. The first kappa shape index (κ1) is 17.9. The summed E-state index contributed by atoms with van der Waals surface area (Å²) in [6, 6.07) is 7.53. The molecule has 30 heavy (non-hydrogen) atoms. The van der Waals surface area contributed by atoms with Crippen molar-refractivity contribution in [2.24, 2.45) is 0 Å². The number of nitrogen functional groups attached to an aromatic ring is 1. The van der Waals surface area contributed by atoms with E-state index < -0.39 is 6.50 Å². The fourth-order valence-electron chi connectivity index (χ4n) is 3.66. The van der Waals surface area contributed by atoms with Gasteiger partial charge in [-0.05, 0) is 43.5 Å². The van der Waals surface area contributed by atoms with Crippen molar-refractivity contribution < 1.29 is 12.3 Å². The number of fused-ring (bicyclic) bond motifs is 1. The van der Waals surface area contributed by atoms with Crippen molar-refractivity contribution in [1.29, 1.82) is 0 Å². The highest BCUT2D eigenvalue weighted by atomic mass is 16.5. The molecule has 2 aliphatic heterocycles. The summed E-state index contributed by atoms with van der Waals surface area (Å²) in [4.78, 5) is 24.6. The summed E-state index contributed by atoms with van der Waals surface area (Å²) in [6.45, 7) is 3.37. The molecule has 1 aromatic heterocycles. The molecule has 1 aromatic carbocycles. The zero-order chi connectivity index (χ0) is 22.7. The Hall–Kier alpha value is -2.87. The van der Waals surface area contributed by atoms with Gasteiger partial charge in [-0.15, -0.1) is 0 Å². The molecule has 1 saturated heterocycles. The molecule has 1 amide bonds. The van der Waals surface area contributed by atoms with Crippen molar-refractivity contribution in [2.75, 3.05) is 42.2 Å².